The number of hydrogen-bond acceptors (Lipinski definition) is 6. The van der Waals surface area contributed by atoms with E-state index in [0.717, 1.165) is 16.8 Å². The second-order valence-corrected chi connectivity index (χ2v) is 7.57. The number of nitrogens with zero attached hydrogens (tertiary/aromatic N) is 2. The lowest BCUT2D eigenvalue weighted by Crippen LogP contribution is -2.33. The molecule has 0 amide bonds. The quantitative estimate of drug-likeness (QED) is 0.365. The highest BCUT2D eigenvalue weighted by atomic mass is 19.1. The van der Waals surface area contributed by atoms with Crippen molar-refractivity contribution >= 4 is 11.5 Å². The molecule has 0 aliphatic heterocycles. The Morgan fingerprint density at radius 1 is 1.16 bits per heavy atom. The van der Waals surface area contributed by atoms with Gasteiger partial charge in [0.2, 0.25) is 0 Å². The maximum Gasteiger partial charge on any atom is 0.130 e. The summed E-state index contributed by atoms with van der Waals surface area (Å²) < 4.78 is 21.4. The minimum atomic E-state index is -0.408. The molecule has 1 heterocycles. The molecule has 0 saturated heterocycles. The van der Waals surface area contributed by atoms with Crippen molar-refractivity contribution in [3.63, 3.8) is 0 Å². The second-order valence-electron chi connectivity index (χ2n) is 7.57. The number of likely N-dealkylation sites (N-methyl/N-ethyl adjacent to an activating group) is 1. The van der Waals surface area contributed by atoms with E-state index in [9.17, 15) is 4.39 Å². The summed E-state index contributed by atoms with van der Waals surface area (Å²) in [6, 6.07) is 7.72. The monoisotopic (exact) mass is 426 g/mol. The molecular weight excluding hydrogens is 395 g/mol. The molecule has 0 spiro atoms. The maximum atomic E-state index is 14.0. The molecule has 7 nitrogen and oxygen atoms in total. The molecule has 0 aliphatic rings. The first-order chi connectivity index (χ1) is 14.6. The van der Waals surface area contributed by atoms with Gasteiger partial charge in [-0.3, -0.25) is 15.4 Å². The summed E-state index contributed by atoms with van der Waals surface area (Å²) in [5, 5.41) is 27.4. The SMILES string of the molecule is CN/C(C)=C(/CCOc1cc(F)ccc1-c1ccc(=N)n(C(=N)CN(C)C)c1)C(C)=N. The van der Waals surface area contributed by atoms with E-state index in [4.69, 9.17) is 21.0 Å². The normalized spacial score (nSPS) is 11.8. The molecule has 1 aromatic carbocycles. The minimum Gasteiger partial charge on any atom is -0.492 e. The zero-order valence-corrected chi connectivity index (χ0v) is 18.8. The summed E-state index contributed by atoms with van der Waals surface area (Å²) in [6.07, 6.45) is 2.21. The van der Waals surface area contributed by atoms with Gasteiger partial charge in [0, 0.05) is 48.3 Å². The molecule has 0 bridgehead atoms. The Labute approximate surface area is 182 Å². The Bertz CT molecular complexity index is 1050. The number of nitrogens with one attached hydrogen (secondary N) is 4. The number of ether oxygens (including phenoxy) is 1. The largest absolute Gasteiger partial charge is 0.492 e. The van der Waals surface area contributed by atoms with Crippen LogP contribution in [-0.2, 0) is 0 Å². The van der Waals surface area contributed by atoms with Crippen LogP contribution in [0.4, 0.5) is 4.39 Å². The summed E-state index contributed by atoms with van der Waals surface area (Å²) in [5.41, 5.74) is 3.81. The number of halogens is 1. The van der Waals surface area contributed by atoms with Gasteiger partial charge in [0.15, 0.2) is 0 Å². The zero-order chi connectivity index (χ0) is 23.1. The Morgan fingerprint density at radius 3 is 2.48 bits per heavy atom. The van der Waals surface area contributed by atoms with Crippen molar-refractivity contribution in [2.45, 2.75) is 20.3 Å². The highest BCUT2D eigenvalue weighted by molar-refractivity contribution is 5.96. The summed E-state index contributed by atoms with van der Waals surface area (Å²) >= 11 is 0. The van der Waals surface area contributed by atoms with Crippen LogP contribution in [0, 0.1) is 22.0 Å². The lowest BCUT2D eigenvalue weighted by Gasteiger charge is -2.17. The van der Waals surface area contributed by atoms with E-state index < -0.39 is 5.82 Å². The van der Waals surface area contributed by atoms with Crippen LogP contribution in [0.1, 0.15) is 20.3 Å². The van der Waals surface area contributed by atoms with Gasteiger partial charge in [-0.1, -0.05) is 0 Å². The molecule has 0 unspecified atom stereocenters. The fraction of sp³-hybridized carbons (Fsp3) is 0.348. The number of benzene rings is 1. The molecule has 2 aromatic rings. The first kappa shape index (κ1) is 24.0. The second kappa shape index (κ2) is 10.7. The van der Waals surface area contributed by atoms with Crippen LogP contribution in [0.15, 0.2) is 47.8 Å². The Kier molecular flexibility index (Phi) is 8.27. The predicted octanol–water partition coefficient (Wildman–Crippen LogP) is 3.46. The molecule has 0 aliphatic carbocycles. The van der Waals surface area contributed by atoms with Gasteiger partial charge in [-0.15, -0.1) is 0 Å². The highest BCUT2D eigenvalue weighted by Crippen LogP contribution is 2.30. The summed E-state index contributed by atoms with van der Waals surface area (Å²) in [7, 11) is 5.54. The van der Waals surface area contributed by atoms with Gasteiger partial charge in [0.05, 0.1) is 13.2 Å². The van der Waals surface area contributed by atoms with Crippen molar-refractivity contribution in [3.8, 4) is 16.9 Å². The summed E-state index contributed by atoms with van der Waals surface area (Å²) in [4.78, 5) is 1.86. The number of pyridine rings is 1. The lowest BCUT2D eigenvalue weighted by atomic mass is 10.1. The van der Waals surface area contributed by atoms with Crippen molar-refractivity contribution in [1.82, 2.24) is 14.8 Å². The van der Waals surface area contributed by atoms with Crippen LogP contribution in [0.5, 0.6) is 5.75 Å². The third-order valence-corrected chi connectivity index (χ3v) is 4.85. The van der Waals surface area contributed by atoms with Crippen molar-refractivity contribution in [2.75, 3.05) is 34.3 Å². The van der Waals surface area contributed by atoms with Gasteiger partial charge in [0.25, 0.3) is 0 Å². The van der Waals surface area contributed by atoms with Crippen LogP contribution in [-0.4, -0.2) is 55.3 Å². The van der Waals surface area contributed by atoms with E-state index >= 15 is 0 Å². The lowest BCUT2D eigenvalue weighted by molar-refractivity contribution is 0.322. The van der Waals surface area contributed by atoms with Crippen molar-refractivity contribution in [3.05, 3.63) is 59.1 Å². The number of aromatic nitrogens is 1. The van der Waals surface area contributed by atoms with Crippen LogP contribution in [0.2, 0.25) is 0 Å². The molecule has 0 fully saturated rings. The van der Waals surface area contributed by atoms with Crippen LogP contribution >= 0.6 is 0 Å². The van der Waals surface area contributed by atoms with Crippen LogP contribution in [0.3, 0.4) is 0 Å². The molecule has 4 N–H and O–H groups in total. The Morgan fingerprint density at radius 2 is 1.87 bits per heavy atom. The van der Waals surface area contributed by atoms with E-state index in [2.05, 4.69) is 5.32 Å². The van der Waals surface area contributed by atoms with Crippen LogP contribution < -0.4 is 15.5 Å². The van der Waals surface area contributed by atoms with Gasteiger partial charge in [-0.05, 0) is 57.8 Å². The number of rotatable bonds is 9. The molecule has 8 heteroatoms. The van der Waals surface area contributed by atoms with Crippen molar-refractivity contribution in [1.29, 1.82) is 16.2 Å². The van der Waals surface area contributed by atoms with Gasteiger partial charge in [0.1, 0.15) is 22.9 Å². The van der Waals surface area contributed by atoms with E-state index in [0.29, 0.717) is 30.0 Å². The third kappa shape index (κ3) is 6.36. The summed E-state index contributed by atoms with van der Waals surface area (Å²) in [5.74, 6) is 0.238. The van der Waals surface area contributed by atoms with Gasteiger partial charge >= 0.3 is 0 Å². The highest BCUT2D eigenvalue weighted by Gasteiger charge is 2.12. The molecule has 1 aromatic heterocycles. The van der Waals surface area contributed by atoms with E-state index in [1.54, 1.807) is 31.3 Å². The van der Waals surface area contributed by atoms with Gasteiger partial charge < -0.3 is 20.4 Å². The maximum absolute atomic E-state index is 14.0. The Hall–Kier alpha value is -3.26. The molecular formula is C23H31FN6O. The van der Waals surface area contributed by atoms with Crippen molar-refractivity contribution in [2.24, 2.45) is 0 Å². The van der Waals surface area contributed by atoms with E-state index in [1.807, 2.05) is 33.0 Å². The first-order valence-electron chi connectivity index (χ1n) is 9.99. The number of allylic oxidation sites excluding steroid dienone is 1. The first-order valence-corrected chi connectivity index (χ1v) is 9.99. The van der Waals surface area contributed by atoms with Gasteiger partial charge in [-0.2, -0.15) is 0 Å². The topological polar surface area (TPSA) is 101 Å². The van der Waals surface area contributed by atoms with E-state index in [1.165, 1.54) is 16.7 Å². The molecule has 0 atom stereocenters. The van der Waals surface area contributed by atoms with Gasteiger partial charge in [-0.25, -0.2) is 4.39 Å². The molecule has 2 rings (SSSR count). The molecule has 31 heavy (non-hydrogen) atoms. The molecule has 0 saturated carbocycles. The van der Waals surface area contributed by atoms with E-state index in [-0.39, 0.29) is 17.9 Å². The third-order valence-electron chi connectivity index (χ3n) is 4.85. The summed E-state index contributed by atoms with van der Waals surface area (Å²) in [6.45, 7) is 4.31. The molecule has 0 radical (unpaired) electrons. The average molecular weight is 427 g/mol. The van der Waals surface area contributed by atoms with Crippen LogP contribution in [0.25, 0.3) is 11.1 Å². The average Bonchev–Trinajstić information content (AvgIpc) is 2.70. The van der Waals surface area contributed by atoms with Crippen molar-refractivity contribution < 1.29 is 9.13 Å². The molecule has 166 valence electrons. The minimum absolute atomic E-state index is 0.193. The zero-order valence-electron chi connectivity index (χ0n) is 18.8. The smallest absolute Gasteiger partial charge is 0.130 e. The standard InChI is InChI=1S/C23H31FN6O/c1-15(25)19(16(2)28-3)10-11-31-21-12-18(24)7-8-20(21)17-6-9-22(26)30(13-17)23(27)14-29(4)5/h6-9,12-13,25-28H,10-11,14H2,1-5H3/b19-16-,25-15?,26-22?,27-23?. The Balaban J connectivity index is 2.35. The predicted molar refractivity (Wildman–Crippen MR) is 123 cm³/mol. The fourth-order valence-corrected chi connectivity index (χ4v) is 3.18. The fourth-order valence-electron chi connectivity index (χ4n) is 3.18. The number of hydrogen-bond donors (Lipinski definition) is 4.